The van der Waals surface area contributed by atoms with E-state index in [1.807, 2.05) is 0 Å². The van der Waals surface area contributed by atoms with Crippen molar-refractivity contribution in [2.24, 2.45) is 34.5 Å². The molecule has 1 spiro atoms. The van der Waals surface area contributed by atoms with E-state index in [0.717, 1.165) is 38.7 Å². The van der Waals surface area contributed by atoms with Gasteiger partial charge in [-0.15, -0.1) is 0 Å². The van der Waals surface area contributed by atoms with Crippen molar-refractivity contribution in [3.63, 3.8) is 0 Å². The van der Waals surface area contributed by atoms with Gasteiger partial charge in [-0.2, -0.15) is 0 Å². The molecule has 0 aromatic carbocycles. The molecule has 0 aromatic heterocycles. The Kier molecular flexibility index (Phi) is 4.18. The van der Waals surface area contributed by atoms with Crippen LogP contribution in [0.1, 0.15) is 79.1 Å². The Bertz CT molecular complexity index is 634. The van der Waals surface area contributed by atoms with E-state index < -0.39 is 0 Å². The Hall–Kier alpha value is -0.380. The SMILES string of the molecule is C[C@H]1CC[C@@]2(OC1)O[C@H]1[C@H]3CC=C4C[C@@H](O)CC[C@]4(C)[C@@H]3CC[C@@]1(C)[C@@H]2C. The van der Waals surface area contributed by atoms with Gasteiger partial charge in [0.25, 0.3) is 0 Å². The zero-order valence-corrected chi connectivity index (χ0v) is 17.7. The molecule has 3 heteroatoms. The number of aliphatic hydroxyl groups is 1. The molecule has 152 valence electrons. The number of allylic oxidation sites excluding steroid dienone is 1. The molecule has 2 heterocycles. The van der Waals surface area contributed by atoms with Gasteiger partial charge in [0.2, 0.25) is 0 Å². The predicted octanol–water partition coefficient (Wildman–Crippen LogP) is 5.08. The van der Waals surface area contributed by atoms with Crippen LogP contribution in [-0.2, 0) is 9.47 Å². The summed E-state index contributed by atoms with van der Waals surface area (Å²) in [5.74, 6) is 2.09. The van der Waals surface area contributed by atoms with Crippen molar-refractivity contribution in [3.05, 3.63) is 11.6 Å². The highest BCUT2D eigenvalue weighted by molar-refractivity contribution is 5.26. The molecular weight excluding hydrogens is 336 g/mol. The van der Waals surface area contributed by atoms with E-state index in [9.17, 15) is 5.11 Å². The molecule has 0 bridgehead atoms. The first kappa shape index (κ1) is 18.6. The summed E-state index contributed by atoms with van der Waals surface area (Å²) in [6, 6.07) is 0. The largest absolute Gasteiger partial charge is 0.393 e. The first-order valence-electron chi connectivity index (χ1n) is 11.5. The van der Waals surface area contributed by atoms with E-state index in [1.165, 1.54) is 24.8 Å². The maximum absolute atomic E-state index is 10.2. The van der Waals surface area contributed by atoms with Crippen molar-refractivity contribution in [1.82, 2.24) is 0 Å². The fraction of sp³-hybridized carbons (Fsp3) is 0.917. The van der Waals surface area contributed by atoms with Gasteiger partial charge in [0.1, 0.15) is 0 Å². The molecule has 5 rings (SSSR count). The summed E-state index contributed by atoms with van der Waals surface area (Å²) >= 11 is 0. The van der Waals surface area contributed by atoms with Crippen molar-refractivity contribution in [1.29, 1.82) is 0 Å². The second-order valence-electron chi connectivity index (χ2n) is 11.1. The third-order valence-electron chi connectivity index (χ3n) is 9.76. The smallest absolute Gasteiger partial charge is 0.171 e. The Balaban J connectivity index is 1.46. The molecule has 9 atom stereocenters. The summed E-state index contributed by atoms with van der Waals surface area (Å²) in [6.07, 6.45) is 11.6. The molecule has 2 saturated carbocycles. The highest BCUT2D eigenvalue weighted by atomic mass is 16.7. The average Bonchev–Trinajstić information content (AvgIpc) is 2.87. The van der Waals surface area contributed by atoms with Crippen molar-refractivity contribution < 1.29 is 14.6 Å². The lowest BCUT2D eigenvalue weighted by Crippen LogP contribution is -2.52. The normalized spacial score (nSPS) is 57.6. The monoisotopic (exact) mass is 374 g/mol. The van der Waals surface area contributed by atoms with E-state index in [2.05, 4.69) is 33.8 Å². The van der Waals surface area contributed by atoms with Crippen molar-refractivity contribution in [2.75, 3.05) is 6.61 Å². The lowest BCUT2D eigenvalue weighted by Gasteiger charge is -2.56. The van der Waals surface area contributed by atoms with Crippen LogP contribution in [0.5, 0.6) is 0 Å². The highest BCUT2D eigenvalue weighted by Crippen LogP contribution is 2.66. The van der Waals surface area contributed by atoms with Crippen LogP contribution in [0.4, 0.5) is 0 Å². The van der Waals surface area contributed by atoms with E-state index >= 15 is 0 Å². The minimum atomic E-state index is -0.339. The van der Waals surface area contributed by atoms with Crippen LogP contribution in [0, 0.1) is 34.5 Å². The molecule has 2 saturated heterocycles. The van der Waals surface area contributed by atoms with Gasteiger partial charge < -0.3 is 14.6 Å². The van der Waals surface area contributed by atoms with Crippen LogP contribution in [-0.4, -0.2) is 29.7 Å². The zero-order chi connectivity index (χ0) is 19.0. The molecule has 1 N–H and O–H groups in total. The standard InChI is InChI=1S/C24H38O3/c1-15-7-12-24(26-14-15)16(2)22(3)11-9-20-19(21(22)27-24)6-5-17-13-18(25)8-10-23(17,20)4/h5,15-16,18-21,25H,6-14H2,1-4H3/t15-,16-,18-,19-,20+,21-,22-,23-,24+/m0/s1. The van der Waals surface area contributed by atoms with E-state index in [-0.39, 0.29) is 22.7 Å². The fourth-order valence-corrected chi connectivity index (χ4v) is 7.66. The topological polar surface area (TPSA) is 38.7 Å². The molecule has 5 aliphatic rings. The third-order valence-corrected chi connectivity index (χ3v) is 9.76. The van der Waals surface area contributed by atoms with E-state index in [0.29, 0.717) is 29.8 Å². The summed E-state index contributed by atoms with van der Waals surface area (Å²) in [6.45, 7) is 10.5. The summed E-state index contributed by atoms with van der Waals surface area (Å²) in [4.78, 5) is 0. The van der Waals surface area contributed by atoms with Crippen molar-refractivity contribution in [3.8, 4) is 0 Å². The van der Waals surface area contributed by atoms with Crippen LogP contribution in [0.3, 0.4) is 0 Å². The van der Waals surface area contributed by atoms with Gasteiger partial charge in [0.15, 0.2) is 5.79 Å². The van der Waals surface area contributed by atoms with Gasteiger partial charge in [-0.25, -0.2) is 0 Å². The van der Waals surface area contributed by atoms with Crippen molar-refractivity contribution in [2.45, 2.75) is 97.1 Å². The maximum Gasteiger partial charge on any atom is 0.171 e. The Labute approximate surface area is 164 Å². The number of aliphatic hydroxyl groups excluding tert-OH is 1. The quantitative estimate of drug-likeness (QED) is 0.601. The second kappa shape index (κ2) is 6.06. The van der Waals surface area contributed by atoms with Gasteiger partial charge in [0.05, 0.1) is 18.8 Å². The highest BCUT2D eigenvalue weighted by Gasteiger charge is 2.66. The summed E-state index contributed by atoms with van der Waals surface area (Å²) in [5.41, 5.74) is 2.04. The number of hydrogen-bond donors (Lipinski definition) is 1. The zero-order valence-electron chi connectivity index (χ0n) is 17.7. The van der Waals surface area contributed by atoms with Crippen LogP contribution in [0.2, 0.25) is 0 Å². The maximum atomic E-state index is 10.2. The summed E-state index contributed by atoms with van der Waals surface area (Å²) in [7, 11) is 0. The lowest BCUT2D eigenvalue weighted by atomic mass is 9.48. The lowest BCUT2D eigenvalue weighted by molar-refractivity contribution is -0.276. The van der Waals surface area contributed by atoms with Crippen LogP contribution < -0.4 is 0 Å². The van der Waals surface area contributed by atoms with E-state index in [4.69, 9.17) is 9.47 Å². The van der Waals surface area contributed by atoms with Crippen LogP contribution in [0.15, 0.2) is 11.6 Å². The van der Waals surface area contributed by atoms with E-state index in [1.54, 1.807) is 0 Å². The number of fused-ring (bicyclic) bond motifs is 5. The Morgan fingerprint density at radius 3 is 2.63 bits per heavy atom. The third kappa shape index (κ3) is 2.50. The summed E-state index contributed by atoms with van der Waals surface area (Å²) < 4.78 is 13.4. The van der Waals surface area contributed by atoms with Gasteiger partial charge in [-0.1, -0.05) is 39.3 Å². The minimum Gasteiger partial charge on any atom is -0.393 e. The first-order valence-corrected chi connectivity index (χ1v) is 11.5. The molecule has 0 unspecified atom stereocenters. The van der Waals surface area contributed by atoms with Crippen molar-refractivity contribution >= 4 is 0 Å². The molecule has 3 aliphatic carbocycles. The molecule has 0 amide bonds. The number of rotatable bonds is 0. The summed E-state index contributed by atoms with van der Waals surface area (Å²) in [5, 5.41) is 10.2. The molecule has 0 radical (unpaired) electrons. The molecule has 27 heavy (non-hydrogen) atoms. The number of hydrogen-bond acceptors (Lipinski definition) is 3. The minimum absolute atomic E-state index is 0.126. The molecule has 2 aliphatic heterocycles. The Morgan fingerprint density at radius 1 is 1.07 bits per heavy atom. The molecule has 4 fully saturated rings. The fourth-order valence-electron chi connectivity index (χ4n) is 7.66. The second-order valence-corrected chi connectivity index (χ2v) is 11.1. The molecule has 3 nitrogen and oxygen atoms in total. The number of ether oxygens (including phenoxy) is 2. The molecule has 0 aromatic rings. The average molecular weight is 375 g/mol. The predicted molar refractivity (Wildman–Crippen MR) is 106 cm³/mol. The van der Waals surface area contributed by atoms with Crippen LogP contribution >= 0.6 is 0 Å². The van der Waals surface area contributed by atoms with Crippen LogP contribution in [0.25, 0.3) is 0 Å². The van der Waals surface area contributed by atoms with Gasteiger partial charge >= 0.3 is 0 Å². The molecular formula is C24H38O3. The van der Waals surface area contributed by atoms with Gasteiger partial charge in [-0.05, 0) is 68.1 Å². The van der Waals surface area contributed by atoms with Gasteiger partial charge in [-0.3, -0.25) is 0 Å². The van der Waals surface area contributed by atoms with Gasteiger partial charge in [0, 0.05) is 17.8 Å². The Morgan fingerprint density at radius 2 is 1.89 bits per heavy atom. The first-order chi connectivity index (χ1) is 12.8.